The molecule has 0 N–H and O–H groups in total. The van der Waals surface area contributed by atoms with Gasteiger partial charge in [-0.1, -0.05) is 19.1 Å². The minimum absolute atomic E-state index is 0.243. The molecular weight excluding hydrogens is 408 g/mol. The number of aromatic nitrogens is 2. The van der Waals surface area contributed by atoms with Crippen molar-refractivity contribution in [3.8, 4) is 0 Å². The van der Waals surface area contributed by atoms with Crippen LogP contribution in [-0.4, -0.2) is 57.6 Å². The minimum atomic E-state index is 0.243. The molecule has 0 spiro atoms. The number of para-hydroxylation sites is 1. The number of carbonyl (C=O) groups is 1. The molecule has 2 aromatic heterocycles. The fourth-order valence-electron chi connectivity index (χ4n) is 3.27. The van der Waals surface area contributed by atoms with Gasteiger partial charge in [0.05, 0.1) is 26.7 Å². The van der Waals surface area contributed by atoms with Gasteiger partial charge in [0, 0.05) is 43.9 Å². The maximum absolute atomic E-state index is 12.5. The number of thiazole rings is 2. The Morgan fingerprint density at radius 3 is 2.71 bits per heavy atom. The molecule has 1 saturated heterocycles. The summed E-state index contributed by atoms with van der Waals surface area (Å²) in [5.41, 5.74) is 2.21. The molecule has 3 aromatic rings. The Morgan fingerprint density at radius 1 is 1.14 bits per heavy atom. The number of nitrogens with zero attached hydrogens (tertiary/aromatic N) is 4. The Bertz CT molecular complexity index is 897. The summed E-state index contributed by atoms with van der Waals surface area (Å²) in [4.78, 5) is 26.2. The molecule has 0 atom stereocenters. The van der Waals surface area contributed by atoms with Crippen LogP contribution in [-0.2, 0) is 23.5 Å². The van der Waals surface area contributed by atoms with Gasteiger partial charge in [0.25, 0.3) is 0 Å². The van der Waals surface area contributed by atoms with Crippen LogP contribution >= 0.6 is 34.4 Å². The second-order valence-electron chi connectivity index (χ2n) is 6.81. The predicted octanol–water partition coefficient (Wildman–Crippen LogP) is 3.89. The predicted molar refractivity (Wildman–Crippen MR) is 119 cm³/mol. The van der Waals surface area contributed by atoms with E-state index in [2.05, 4.69) is 33.2 Å². The fourth-order valence-corrected chi connectivity index (χ4v) is 5.95. The van der Waals surface area contributed by atoms with Crippen molar-refractivity contribution in [1.82, 2.24) is 19.8 Å². The lowest BCUT2D eigenvalue weighted by molar-refractivity contribution is -0.130. The van der Waals surface area contributed by atoms with Crippen molar-refractivity contribution < 1.29 is 4.79 Å². The standard InChI is InChI=1S/C20H24N4OS3/c1-2-18-21-15(12-27-18)11-23-7-9-24(10-8-23)20(25)14-26-13-19-22-16-5-3-4-6-17(16)28-19/h3-6,12H,2,7-11,13-14H2,1H3. The molecule has 28 heavy (non-hydrogen) atoms. The van der Waals surface area contributed by atoms with E-state index in [1.165, 1.54) is 9.71 Å². The molecule has 0 unspecified atom stereocenters. The summed E-state index contributed by atoms with van der Waals surface area (Å²) in [6.07, 6.45) is 1.00. The van der Waals surface area contributed by atoms with Crippen molar-refractivity contribution in [3.63, 3.8) is 0 Å². The van der Waals surface area contributed by atoms with Gasteiger partial charge in [-0.15, -0.1) is 34.4 Å². The summed E-state index contributed by atoms with van der Waals surface area (Å²) in [6, 6.07) is 8.19. The highest BCUT2D eigenvalue weighted by molar-refractivity contribution is 7.99. The number of thioether (sulfide) groups is 1. The zero-order valence-corrected chi connectivity index (χ0v) is 18.4. The number of carbonyl (C=O) groups excluding carboxylic acids is 1. The van der Waals surface area contributed by atoms with Crippen molar-refractivity contribution >= 4 is 50.6 Å². The summed E-state index contributed by atoms with van der Waals surface area (Å²) < 4.78 is 1.21. The van der Waals surface area contributed by atoms with Gasteiger partial charge in [0.2, 0.25) is 5.91 Å². The highest BCUT2D eigenvalue weighted by atomic mass is 32.2. The Kier molecular flexibility index (Phi) is 6.61. The maximum Gasteiger partial charge on any atom is 0.232 e. The van der Waals surface area contributed by atoms with Crippen molar-refractivity contribution in [1.29, 1.82) is 0 Å². The first-order chi connectivity index (χ1) is 13.7. The summed E-state index contributed by atoms with van der Waals surface area (Å²) in [7, 11) is 0. The largest absolute Gasteiger partial charge is 0.339 e. The highest BCUT2D eigenvalue weighted by Gasteiger charge is 2.21. The molecule has 148 valence electrons. The molecule has 3 heterocycles. The van der Waals surface area contributed by atoms with Crippen molar-refractivity contribution in [3.05, 3.63) is 45.4 Å². The third-order valence-electron chi connectivity index (χ3n) is 4.80. The fraction of sp³-hybridized carbons (Fsp3) is 0.450. The monoisotopic (exact) mass is 432 g/mol. The lowest BCUT2D eigenvalue weighted by Crippen LogP contribution is -2.48. The van der Waals surface area contributed by atoms with Crippen LogP contribution < -0.4 is 0 Å². The van der Waals surface area contributed by atoms with E-state index < -0.39 is 0 Å². The molecule has 1 amide bonds. The van der Waals surface area contributed by atoms with Crippen LogP contribution in [0.25, 0.3) is 10.2 Å². The number of rotatable bonds is 7. The van der Waals surface area contributed by atoms with Gasteiger partial charge in [0.1, 0.15) is 5.01 Å². The van der Waals surface area contributed by atoms with Crippen molar-refractivity contribution in [2.45, 2.75) is 25.6 Å². The summed E-state index contributed by atoms with van der Waals surface area (Å²) in [6.45, 7) is 6.50. The van der Waals surface area contributed by atoms with Crippen molar-refractivity contribution in [2.24, 2.45) is 0 Å². The number of aryl methyl sites for hydroxylation is 1. The van der Waals surface area contributed by atoms with E-state index in [1.54, 1.807) is 34.4 Å². The van der Waals surface area contributed by atoms with Gasteiger partial charge >= 0.3 is 0 Å². The van der Waals surface area contributed by atoms with Gasteiger partial charge < -0.3 is 4.90 Å². The van der Waals surface area contributed by atoms with Gasteiger partial charge in [-0.3, -0.25) is 9.69 Å². The van der Waals surface area contributed by atoms with E-state index in [0.29, 0.717) is 5.75 Å². The lowest BCUT2D eigenvalue weighted by Gasteiger charge is -2.34. The summed E-state index contributed by atoms with van der Waals surface area (Å²) >= 11 is 5.13. The molecule has 0 aliphatic carbocycles. The average molecular weight is 433 g/mol. The van der Waals surface area contributed by atoms with Crippen LogP contribution in [0.5, 0.6) is 0 Å². The van der Waals surface area contributed by atoms with Crippen molar-refractivity contribution in [2.75, 3.05) is 31.9 Å². The molecule has 0 bridgehead atoms. The molecule has 4 rings (SSSR count). The zero-order valence-electron chi connectivity index (χ0n) is 16.0. The van der Waals surface area contributed by atoms with E-state index in [4.69, 9.17) is 0 Å². The van der Waals surface area contributed by atoms with Crippen LogP contribution in [0.2, 0.25) is 0 Å². The normalized spacial score (nSPS) is 15.4. The van der Waals surface area contributed by atoms with Crippen LogP contribution in [0.3, 0.4) is 0 Å². The van der Waals surface area contributed by atoms with E-state index in [0.717, 1.165) is 61.1 Å². The molecule has 0 saturated carbocycles. The molecule has 8 heteroatoms. The SMILES string of the molecule is CCc1nc(CN2CCN(C(=O)CSCc3nc4ccccc4s3)CC2)cs1. The quantitative estimate of drug-likeness (QED) is 0.567. The zero-order chi connectivity index (χ0) is 19.3. The van der Waals surface area contributed by atoms with E-state index >= 15 is 0 Å². The van der Waals surface area contributed by atoms with Gasteiger partial charge in [-0.2, -0.15) is 0 Å². The number of hydrogen-bond donors (Lipinski definition) is 0. The Hall–Kier alpha value is -1.48. The van der Waals surface area contributed by atoms with Gasteiger partial charge in [0.15, 0.2) is 0 Å². The van der Waals surface area contributed by atoms with E-state index in [1.807, 2.05) is 23.1 Å². The second-order valence-corrected chi connectivity index (χ2v) is 9.85. The van der Waals surface area contributed by atoms with E-state index in [-0.39, 0.29) is 5.91 Å². The smallest absolute Gasteiger partial charge is 0.232 e. The minimum Gasteiger partial charge on any atom is -0.339 e. The van der Waals surface area contributed by atoms with E-state index in [9.17, 15) is 4.79 Å². The number of piperazine rings is 1. The molecule has 1 aliphatic heterocycles. The number of hydrogen-bond acceptors (Lipinski definition) is 7. The Balaban J connectivity index is 1.19. The molecule has 5 nitrogen and oxygen atoms in total. The first kappa shape index (κ1) is 19.8. The molecule has 1 fully saturated rings. The van der Waals surface area contributed by atoms with Crippen LogP contribution in [0.4, 0.5) is 0 Å². The van der Waals surface area contributed by atoms with Gasteiger partial charge in [-0.25, -0.2) is 9.97 Å². The summed E-state index contributed by atoms with van der Waals surface area (Å²) in [5, 5.41) is 4.46. The van der Waals surface area contributed by atoms with Gasteiger partial charge in [-0.05, 0) is 18.6 Å². The third-order valence-corrected chi connectivity index (χ3v) is 7.99. The number of fused-ring (bicyclic) bond motifs is 1. The average Bonchev–Trinajstić information content (AvgIpc) is 3.34. The first-order valence-electron chi connectivity index (χ1n) is 9.57. The molecule has 1 aliphatic rings. The van der Waals surface area contributed by atoms with Crippen LogP contribution in [0.15, 0.2) is 29.6 Å². The lowest BCUT2D eigenvalue weighted by atomic mass is 10.3. The molecule has 1 aromatic carbocycles. The second kappa shape index (κ2) is 9.35. The summed E-state index contributed by atoms with van der Waals surface area (Å²) in [5.74, 6) is 1.57. The highest BCUT2D eigenvalue weighted by Crippen LogP contribution is 2.25. The number of amides is 1. The Morgan fingerprint density at radius 2 is 1.96 bits per heavy atom. The first-order valence-corrected chi connectivity index (χ1v) is 12.4. The van der Waals surface area contributed by atoms with Crippen LogP contribution in [0, 0.1) is 0 Å². The topological polar surface area (TPSA) is 49.3 Å². The van der Waals surface area contributed by atoms with Crippen LogP contribution in [0.1, 0.15) is 22.6 Å². The molecule has 0 radical (unpaired) electrons. The maximum atomic E-state index is 12.5. The third kappa shape index (κ3) is 4.92. The number of benzene rings is 1. The Labute approximate surface area is 177 Å². The molecular formula is C20H24N4OS3.